The van der Waals surface area contributed by atoms with Gasteiger partial charge in [0.1, 0.15) is 6.29 Å². The zero-order valence-corrected chi connectivity index (χ0v) is 9.87. The Balaban J connectivity index is 3.08. The second-order valence-electron chi connectivity index (χ2n) is 3.28. The molecule has 5 heteroatoms. The van der Waals surface area contributed by atoms with Crippen molar-refractivity contribution >= 4 is 12.2 Å². The van der Waals surface area contributed by atoms with Gasteiger partial charge in [0.05, 0.1) is 19.8 Å². The Bertz CT molecular complexity index is 185. The fraction of sp³-hybridized carbons (Fsp3) is 0.818. The van der Waals surface area contributed by atoms with Crippen molar-refractivity contribution in [2.45, 2.75) is 26.2 Å². The van der Waals surface area contributed by atoms with Gasteiger partial charge in [-0.2, -0.15) is 0 Å². The van der Waals surface area contributed by atoms with Crippen molar-refractivity contribution in [1.82, 2.24) is 5.32 Å². The molecular weight excluding hydrogens is 210 g/mol. The summed E-state index contributed by atoms with van der Waals surface area (Å²) in [5.41, 5.74) is 0. The molecular formula is C11H21NO4. The first-order chi connectivity index (χ1) is 7.81. The molecule has 0 fully saturated rings. The summed E-state index contributed by atoms with van der Waals surface area (Å²) in [6.45, 7) is 4.90. The molecule has 0 aliphatic heterocycles. The van der Waals surface area contributed by atoms with Gasteiger partial charge in [0.25, 0.3) is 0 Å². The maximum absolute atomic E-state index is 11.0. The fourth-order valence-electron chi connectivity index (χ4n) is 1.01. The van der Waals surface area contributed by atoms with Crippen LogP contribution in [0.5, 0.6) is 0 Å². The summed E-state index contributed by atoms with van der Waals surface area (Å²) in [4.78, 5) is 21.0. The molecule has 0 saturated carbocycles. The van der Waals surface area contributed by atoms with Crippen molar-refractivity contribution in [2.75, 3.05) is 33.0 Å². The van der Waals surface area contributed by atoms with Gasteiger partial charge in [0.2, 0.25) is 5.91 Å². The highest BCUT2D eigenvalue weighted by Gasteiger charge is 1.98. The summed E-state index contributed by atoms with van der Waals surface area (Å²) in [7, 11) is 0. The Hall–Kier alpha value is -0.940. The van der Waals surface area contributed by atoms with Crippen LogP contribution in [0.1, 0.15) is 26.2 Å². The molecule has 0 aromatic heterocycles. The van der Waals surface area contributed by atoms with E-state index in [4.69, 9.17) is 9.47 Å². The van der Waals surface area contributed by atoms with Gasteiger partial charge in [-0.25, -0.2) is 0 Å². The molecule has 5 nitrogen and oxygen atoms in total. The molecule has 0 aliphatic rings. The standard InChI is InChI=1S/C11H21NO4/c1-2-7-15-9-10-16-8-5-12-11(14)4-3-6-13/h6H,2-5,7-10H2,1H3,(H,12,14). The minimum Gasteiger partial charge on any atom is -0.379 e. The predicted molar refractivity (Wildman–Crippen MR) is 60.2 cm³/mol. The first-order valence-electron chi connectivity index (χ1n) is 5.67. The lowest BCUT2D eigenvalue weighted by Gasteiger charge is -2.06. The highest BCUT2D eigenvalue weighted by molar-refractivity contribution is 5.77. The molecule has 1 amide bonds. The third-order valence-electron chi connectivity index (χ3n) is 1.78. The van der Waals surface area contributed by atoms with Crippen LogP contribution >= 0.6 is 0 Å². The minimum atomic E-state index is -0.113. The van der Waals surface area contributed by atoms with Gasteiger partial charge in [0, 0.05) is 26.0 Å². The third-order valence-corrected chi connectivity index (χ3v) is 1.78. The van der Waals surface area contributed by atoms with Gasteiger partial charge < -0.3 is 19.6 Å². The van der Waals surface area contributed by atoms with Gasteiger partial charge in [-0.3, -0.25) is 4.79 Å². The molecule has 0 saturated heterocycles. The van der Waals surface area contributed by atoms with Gasteiger partial charge in [0.15, 0.2) is 0 Å². The van der Waals surface area contributed by atoms with Crippen LogP contribution in [-0.4, -0.2) is 45.2 Å². The summed E-state index contributed by atoms with van der Waals surface area (Å²) in [5, 5.41) is 2.66. The average Bonchev–Trinajstić information content (AvgIpc) is 2.30. The molecule has 1 N–H and O–H groups in total. The third kappa shape index (κ3) is 11.1. The van der Waals surface area contributed by atoms with Crippen LogP contribution in [0.15, 0.2) is 0 Å². The van der Waals surface area contributed by atoms with E-state index in [0.29, 0.717) is 26.4 Å². The van der Waals surface area contributed by atoms with E-state index < -0.39 is 0 Å². The maximum atomic E-state index is 11.0. The maximum Gasteiger partial charge on any atom is 0.220 e. The van der Waals surface area contributed by atoms with Crippen LogP contribution < -0.4 is 5.32 Å². The van der Waals surface area contributed by atoms with E-state index in [0.717, 1.165) is 19.3 Å². The highest BCUT2D eigenvalue weighted by atomic mass is 16.5. The van der Waals surface area contributed by atoms with Crippen LogP contribution in [0.3, 0.4) is 0 Å². The van der Waals surface area contributed by atoms with Crippen molar-refractivity contribution in [3.63, 3.8) is 0 Å². The quantitative estimate of drug-likeness (QED) is 0.416. The molecule has 0 radical (unpaired) electrons. The first-order valence-corrected chi connectivity index (χ1v) is 5.67. The first kappa shape index (κ1) is 15.1. The Morgan fingerprint density at radius 2 is 1.88 bits per heavy atom. The fourth-order valence-corrected chi connectivity index (χ4v) is 1.01. The van der Waals surface area contributed by atoms with Crippen molar-refractivity contribution in [3.8, 4) is 0 Å². The molecule has 0 heterocycles. The Kier molecular flexibility index (Phi) is 11.4. The van der Waals surface area contributed by atoms with E-state index in [9.17, 15) is 9.59 Å². The van der Waals surface area contributed by atoms with Crippen molar-refractivity contribution in [1.29, 1.82) is 0 Å². The summed E-state index contributed by atoms with van der Waals surface area (Å²) in [6, 6.07) is 0. The number of nitrogens with one attached hydrogen (secondary N) is 1. The second-order valence-corrected chi connectivity index (χ2v) is 3.28. The molecule has 16 heavy (non-hydrogen) atoms. The second kappa shape index (κ2) is 12.1. The number of rotatable bonds is 11. The number of aldehydes is 1. The normalized spacial score (nSPS) is 10.1. The highest BCUT2D eigenvalue weighted by Crippen LogP contribution is 1.84. The molecule has 0 aliphatic carbocycles. The predicted octanol–water partition coefficient (Wildman–Crippen LogP) is 0.525. The van der Waals surface area contributed by atoms with E-state index in [1.807, 2.05) is 0 Å². The van der Waals surface area contributed by atoms with E-state index in [2.05, 4.69) is 12.2 Å². The van der Waals surface area contributed by atoms with Crippen LogP contribution in [0.25, 0.3) is 0 Å². The molecule has 0 aromatic carbocycles. The zero-order chi connectivity index (χ0) is 12.1. The summed E-state index contributed by atoms with van der Waals surface area (Å²) in [6.07, 6.45) is 2.27. The van der Waals surface area contributed by atoms with E-state index in [1.54, 1.807) is 0 Å². The van der Waals surface area contributed by atoms with Crippen LogP contribution in [-0.2, 0) is 19.1 Å². The van der Waals surface area contributed by atoms with Gasteiger partial charge in [-0.1, -0.05) is 6.92 Å². The molecule has 0 spiro atoms. The lowest BCUT2D eigenvalue weighted by Crippen LogP contribution is -2.27. The summed E-state index contributed by atoms with van der Waals surface area (Å²) < 4.78 is 10.4. The summed E-state index contributed by atoms with van der Waals surface area (Å²) >= 11 is 0. The minimum absolute atomic E-state index is 0.113. The summed E-state index contributed by atoms with van der Waals surface area (Å²) in [5.74, 6) is -0.113. The Morgan fingerprint density at radius 1 is 1.19 bits per heavy atom. The number of carbonyl (C=O) groups excluding carboxylic acids is 2. The van der Waals surface area contributed by atoms with Gasteiger partial charge >= 0.3 is 0 Å². The molecule has 0 unspecified atom stereocenters. The van der Waals surface area contributed by atoms with Crippen LogP contribution in [0, 0.1) is 0 Å². The molecule has 0 aromatic rings. The average molecular weight is 231 g/mol. The smallest absolute Gasteiger partial charge is 0.220 e. The Labute approximate surface area is 96.5 Å². The Morgan fingerprint density at radius 3 is 2.50 bits per heavy atom. The lowest BCUT2D eigenvalue weighted by molar-refractivity contribution is -0.122. The number of ether oxygens (including phenoxy) is 2. The number of hydrogen-bond acceptors (Lipinski definition) is 4. The lowest BCUT2D eigenvalue weighted by atomic mass is 10.3. The zero-order valence-electron chi connectivity index (χ0n) is 9.87. The SMILES string of the molecule is CCCOCCOCCNC(=O)CCC=O. The largest absolute Gasteiger partial charge is 0.379 e. The van der Waals surface area contributed by atoms with E-state index >= 15 is 0 Å². The molecule has 0 rings (SSSR count). The molecule has 0 atom stereocenters. The van der Waals surface area contributed by atoms with E-state index in [1.165, 1.54) is 0 Å². The van der Waals surface area contributed by atoms with Crippen LogP contribution in [0.2, 0.25) is 0 Å². The number of amides is 1. The number of carbonyl (C=O) groups is 2. The van der Waals surface area contributed by atoms with Gasteiger partial charge in [-0.15, -0.1) is 0 Å². The van der Waals surface area contributed by atoms with Crippen molar-refractivity contribution in [3.05, 3.63) is 0 Å². The van der Waals surface area contributed by atoms with Crippen LogP contribution in [0.4, 0.5) is 0 Å². The number of hydrogen-bond donors (Lipinski definition) is 1. The molecule has 0 bridgehead atoms. The van der Waals surface area contributed by atoms with Crippen molar-refractivity contribution < 1.29 is 19.1 Å². The van der Waals surface area contributed by atoms with E-state index in [-0.39, 0.29) is 18.7 Å². The topological polar surface area (TPSA) is 64.6 Å². The van der Waals surface area contributed by atoms with Crippen molar-refractivity contribution in [2.24, 2.45) is 0 Å². The monoisotopic (exact) mass is 231 g/mol. The molecule has 94 valence electrons. The van der Waals surface area contributed by atoms with Gasteiger partial charge in [-0.05, 0) is 6.42 Å².